The predicted octanol–water partition coefficient (Wildman–Crippen LogP) is 6.67. The van der Waals surface area contributed by atoms with Gasteiger partial charge in [-0.25, -0.2) is 4.79 Å². The quantitative estimate of drug-likeness (QED) is 0.0525. The molecule has 0 aromatic heterocycles. The summed E-state index contributed by atoms with van der Waals surface area (Å²) in [7, 11) is 1.14. The van der Waals surface area contributed by atoms with Gasteiger partial charge in [-0.3, -0.25) is 0 Å². The van der Waals surface area contributed by atoms with Crippen LogP contribution in [0.1, 0.15) is 77.6 Å². The van der Waals surface area contributed by atoms with E-state index in [0.29, 0.717) is 0 Å². The zero-order valence-electron chi connectivity index (χ0n) is 14.5. The van der Waals surface area contributed by atoms with E-state index in [1.165, 1.54) is 69.9 Å². The van der Waals surface area contributed by atoms with Gasteiger partial charge < -0.3 is 4.74 Å². The van der Waals surface area contributed by atoms with Gasteiger partial charge in [-0.1, -0.05) is 116 Å². The Morgan fingerprint density at radius 2 is 1.48 bits per heavy atom. The number of rotatable bonds is 16. The fraction of sp³-hybridized carbons (Fsp3) is 0.833. The molecule has 5 heteroatoms. The van der Waals surface area contributed by atoms with E-state index in [4.69, 9.17) is 4.74 Å². The highest BCUT2D eigenvalue weighted by Crippen LogP contribution is 2.15. The number of alkyl halides is 2. The Balaban J connectivity index is 3.16. The van der Waals surface area contributed by atoms with E-state index in [9.17, 15) is 4.79 Å². The third kappa shape index (κ3) is 19.1. The molecule has 23 heavy (non-hydrogen) atoms. The van der Waals surface area contributed by atoms with Crippen molar-refractivity contribution in [2.45, 2.75) is 91.3 Å². The van der Waals surface area contributed by atoms with Crippen LogP contribution in [0.2, 0.25) is 6.04 Å². The maximum Gasteiger partial charge on any atom is 0.330 e. The normalized spacial score (nSPS) is 12.3. The average Bonchev–Trinajstić information content (AvgIpc) is 2.51. The summed E-state index contributed by atoms with van der Waals surface area (Å²) >= 11 is 5.04. The first-order chi connectivity index (χ1) is 11.1. The molecule has 1 atom stereocenters. The van der Waals surface area contributed by atoms with Crippen LogP contribution in [0.4, 0.5) is 0 Å². The molecule has 0 rings (SSSR count). The zero-order valence-corrected chi connectivity index (χ0v) is 19.8. The van der Waals surface area contributed by atoms with Gasteiger partial charge >= 0.3 is 5.97 Å². The molecule has 2 nitrogen and oxygen atoms in total. The zero-order chi connectivity index (χ0) is 17.3. The smallest absolute Gasteiger partial charge is 0.330 e. The summed E-state index contributed by atoms with van der Waals surface area (Å²) < 4.78 is 5.99. The van der Waals surface area contributed by atoms with Gasteiger partial charge in [0.15, 0.2) is 0 Å². The lowest BCUT2D eigenvalue weighted by molar-refractivity contribution is -0.142. The highest BCUT2D eigenvalue weighted by atomic mass is 127. The molecule has 2 radical (unpaired) electrons. The van der Waals surface area contributed by atoms with Crippen molar-refractivity contribution in [1.29, 1.82) is 0 Å². The summed E-state index contributed by atoms with van der Waals surface area (Å²) in [4.78, 5) is 11.0. The molecule has 1 unspecified atom stereocenters. The minimum atomic E-state index is -0.304. The monoisotopic (exact) mass is 562 g/mol. The number of esters is 1. The minimum Gasteiger partial charge on any atom is -0.460 e. The molecular weight excluding hydrogens is 530 g/mol. The topological polar surface area (TPSA) is 26.3 Å². The standard InChI is InChI=1S/C18H32I2O2Si/c1-3-17(21)22-16(2)14-12-10-8-6-4-5-7-9-11-13-15-23-18(19)20/h3,16,18H,1,4-15H2,2H3. The summed E-state index contributed by atoms with van der Waals surface area (Å²) in [5, 5.41) is 0. The van der Waals surface area contributed by atoms with Crippen LogP contribution >= 0.6 is 45.2 Å². The van der Waals surface area contributed by atoms with Crippen molar-refractivity contribution in [3.63, 3.8) is 0 Å². The Hall–Kier alpha value is 0.887. The maximum atomic E-state index is 11.0. The third-order valence-electron chi connectivity index (χ3n) is 3.82. The van der Waals surface area contributed by atoms with Crippen molar-refractivity contribution in [1.82, 2.24) is 0 Å². The van der Waals surface area contributed by atoms with Gasteiger partial charge in [-0.05, 0) is 19.8 Å². The largest absolute Gasteiger partial charge is 0.460 e. The molecule has 0 aliphatic carbocycles. The van der Waals surface area contributed by atoms with E-state index in [-0.39, 0.29) is 12.1 Å². The lowest BCUT2D eigenvalue weighted by Gasteiger charge is -2.11. The highest BCUT2D eigenvalue weighted by molar-refractivity contribution is 14.2. The number of ether oxygens (including phenoxy) is 1. The van der Waals surface area contributed by atoms with E-state index < -0.39 is 0 Å². The lowest BCUT2D eigenvalue weighted by Crippen LogP contribution is -2.12. The molecule has 134 valence electrons. The van der Waals surface area contributed by atoms with Crippen LogP contribution in [0.15, 0.2) is 12.7 Å². The Morgan fingerprint density at radius 1 is 1.00 bits per heavy atom. The van der Waals surface area contributed by atoms with E-state index in [2.05, 4.69) is 51.8 Å². The molecule has 0 heterocycles. The number of carbonyl (C=O) groups is 1. The SMILES string of the molecule is C=CC(=O)OC(C)CCCCCCCCCCCC[Si]C(I)I. The second-order valence-electron chi connectivity index (χ2n) is 6.03. The Morgan fingerprint density at radius 3 is 1.96 bits per heavy atom. The number of carbonyl (C=O) groups excluding carboxylic acids is 1. The second-order valence-corrected chi connectivity index (χ2v) is 14.7. The molecule has 0 aliphatic rings. The van der Waals surface area contributed by atoms with Gasteiger partial charge in [0, 0.05) is 6.08 Å². The molecular formula is C18H32I2O2Si. The van der Waals surface area contributed by atoms with Crippen molar-refractivity contribution in [2.75, 3.05) is 0 Å². The fourth-order valence-electron chi connectivity index (χ4n) is 2.49. The Bertz CT molecular complexity index is 299. The highest BCUT2D eigenvalue weighted by Gasteiger charge is 2.05. The Kier molecular flexibility index (Phi) is 18.4. The first kappa shape index (κ1) is 23.9. The molecule has 0 aromatic rings. The van der Waals surface area contributed by atoms with Crippen molar-refractivity contribution >= 4 is 60.7 Å². The number of unbranched alkanes of at least 4 members (excludes halogenated alkanes) is 9. The molecule has 0 saturated heterocycles. The van der Waals surface area contributed by atoms with Gasteiger partial charge in [-0.15, -0.1) is 0 Å². The summed E-state index contributed by atoms with van der Waals surface area (Å²) in [6.45, 7) is 5.37. The molecule has 0 aromatic carbocycles. The molecule has 0 spiro atoms. The van der Waals surface area contributed by atoms with Gasteiger partial charge in [0.05, 0.1) is 17.2 Å². The van der Waals surface area contributed by atoms with Crippen LogP contribution in [0.3, 0.4) is 0 Å². The molecule has 0 N–H and O–H groups in total. The first-order valence-corrected chi connectivity index (χ1v) is 12.7. The van der Waals surface area contributed by atoms with Crippen LogP contribution in [0, 0.1) is 0 Å². The van der Waals surface area contributed by atoms with Gasteiger partial charge in [0.1, 0.15) is 0 Å². The van der Waals surface area contributed by atoms with E-state index in [0.717, 1.165) is 23.9 Å². The van der Waals surface area contributed by atoms with Gasteiger partial charge in [0.25, 0.3) is 0 Å². The summed E-state index contributed by atoms with van der Waals surface area (Å²) in [5.74, 6) is -0.304. The minimum absolute atomic E-state index is 0.0239. The number of hydrogen-bond donors (Lipinski definition) is 0. The van der Waals surface area contributed by atoms with Gasteiger partial charge in [0.2, 0.25) is 0 Å². The lowest BCUT2D eigenvalue weighted by atomic mass is 10.0. The van der Waals surface area contributed by atoms with Crippen molar-refractivity contribution in [3.8, 4) is 0 Å². The van der Waals surface area contributed by atoms with Gasteiger partial charge in [-0.2, -0.15) is 0 Å². The van der Waals surface area contributed by atoms with Crippen molar-refractivity contribution < 1.29 is 9.53 Å². The van der Waals surface area contributed by atoms with Crippen LogP contribution in [-0.4, -0.2) is 23.1 Å². The average molecular weight is 562 g/mol. The summed E-state index contributed by atoms with van der Waals surface area (Å²) in [6, 6.07) is 1.43. The molecule has 0 saturated carbocycles. The fourth-order valence-corrected chi connectivity index (χ4v) is 5.03. The van der Waals surface area contributed by atoms with Crippen LogP contribution in [0.5, 0.6) is 0 Å². The van der Waals surface area contributed by atoms with Crippen LogP contribution in [0.25, 0.3) is 0 Å². The van der Waals surface area contributed by atoms with Crippen LogP contribution < -0.4 is 0 Å². The van der Waals surface area contributed by atoms with Crippen LogP contribution in [-0.2, 0) is 9.53 Å². The van der Waals surface area contributed by atoms with Crippen molar-refractivity contribution in [2.24, 2.45) is 0 Å². The summed E-state index contributed by atoms with van der Waals surface area (Å²) in [5.41, 5.74) is 0. The van der Waals surface area contributed by atoms with Crippen molar-refractivity contribution in [3.05, 3.63) is 12.7 Å². The third-order valence-corrected chi connectivity index (χ3v) is 7.41. The number of halogens is 2. The predicted molar refractivity (Wildman–Crippen MR) is 119 cm³/mol. The Labute approximate surface area is 173 Å². The second kappa shape index (κ2) is 17.7. The van der Waals surface area contributed by atoms with E-state index in [1.807, 2.05) is 6.92 Å². The maximum absolute atomic E-state index is 11.0. The molecule has 0 amide bonds. The number of hydrogen-bond acceptors (Lipinski definition) is 2. The summed E-state index contributed by atoms with van der Waals surface area (Å²) in [6.07, 6.45) is 15.8. The van der Waals surface area contributed by atoms with E-state index in [1.54, 1.807) is 0 Å². The first-order valence-electron chi connectivity index (χ1n) is 8.91. The molecule has 0 bridgehead atoms. The molecule has 0 aliphatic heterocycles. The van der Waals surface area contributed by atoms with E-state index >= 15 is 0 Å². The molecule has 0 fully saturated rings.